The summed E-state index contributed by atoms with van der Waals surface area (Å²) in [5.41, 5.74) is 2.41. The van der Waals surface area contributed by atoms with Gasteiger partial charge in [-0.15, -0.1) is 0 Å². The van der Waals surface area contributed by atoms with Crippen molar-refractivity contribution in [3.05, 3.63) is 59.7 Å². The van der Waals surface area contributed by atoms with Crippen LogP contribution in [0.3, 0.4) is 0 Å². The van der Waals surface area contributed by atoms with E-state index in [1.54, 1.807) is 6.34 Å². The van der Waals surface area contributed by atoms with Crippen molar-refractivity contribution in [2.75, 3.05) is 0 Å². The Labute approximate surface area is 107 Å². The number of nitrogens with zero attached hydrogens (tertiary/aromatic N) is 2. The highest BCUT2D eigenvalue weighted by Gasteiger charge is 2.17. The normalized spacial score (nSPS) is 22.1. The number of hydrogen-bond donors (Lipinski definition) is 1. The van der Waals surface area contributed by atoms with E-state index in [4.69, 9.17) is 0 Å². The molecule has 3 nitrogen and oxygen atoms in total. The zero-order chi connectivity index (χ0) is 12.2. The van der Waals surface area contributed by atoms with Crippen LogP contribution in [0.1, 0.15) is 24.6 Å². The molecule has 1 atom stereocenters. The molecule has 0 fully saturated rings. The molecule has 3 rings (SSSR count). The summed E-state index contributed by atoms with van der Waals surface area (Å²) in [5.74, 6) is 0.947. The molecule has 1 aliphatic carbocycles. The molecule has 1 aromatic rings. The number of rotatable bonds is 2. The maximum Gasteiger partial charge on any atom is 0.147 e. The van der Waals surface area contributed by atoms with Crippen LogP contribution in [0.15, 0.2) is 64.1 Å². The predicted molar refractivity (Wildman–Crippen MR) is 74.7 cm³/mol. The van der Waals surface area contributed by atoms with Gasteiger partial charge in [0.1, 0.15) is 18.3 Å². The van der Waals surface area contributed by atoms with Crippen LogP contribution >= 0.6 is 0 Å². The average Bonchev–Trinajstić information content (AvgIpc) is 2.49. The summed E-state index contributed by atoms with van der Waals surface area (Å²) in [4.78, 5) is 8.72. The highest BCUT2D eigenvalue weighted by molar-refractivity contribution is 6.03. The number of nitrogens with one attached hydrogen (secondary N) is 1. The van der Waals surface area contributed by atoms with Crippen LogP contribution < -0.4 is 5.32 Å². The van der Waals surface area contributed by atoms with Crippen molar-refractivity contribution in [3.8, 4) is 0 Å². The van der Waals surface area contributed by atoms with Gasteiger partial charge in [0.25, 0.3) is 0 Å². The van der Waals surface area contributed by atoms with Crippen LogP contribution in [0.25, 0.3) is 0 Å². The third-order valence-electron chi connectivity index (χ3n) is 3.11. The van der Waals surface area contributed by atoms with Gasteiger partial charge >= 0.3 is 0 Å². The fraction of sp³-hybridized carbons (Fsp3) is 0.200. The maximum absolute atomic E-state index is 4.38. The Bertz CT molecular complexity index is 538. The summed E-state index contributed by atoms with van der Waals surface area (Å²) in [6.07, 6.45) is 10.1. The van der Waals surface area contributed by atoms with E-state index in [0.29, 0.717) is 0 Å². The molecule has 90 valence electrons. The standard InChI is InChI=1S/C15H15N3/c1-3-7-12(8-4-1)14-16-11-17-15(18-14)13-9-5-2-6-10-13/h1-5,7-9,11,14H,6,10H2,(H,16,17,18). The molecule has 1 aliphatic heterocycles. The Balaban J connectivity index is 1.80. The summed E-state index contributed by atoms with van der Waals surface area (Å²) in [6.45, 7) is 0. The summed E-state index contributed by atoms with van der Waals surface area (Å²) < 4.78 is 0. The van der Waals surface area contributed by atoms with Crippen LogP contribution in [0.4, 0.5) is 0 Å². The van der Waals surface area contributed by atoms with E-state index in [1.807, 2.05) is 18.2 Å². The van der Waals surface area contributed by atoms with E-state index in [2.05, 4.69) is 45.7 Å². The van der Waals surface area contributed by atoms with Gasteiger partial charge in [-0.25, -0.2) is 9.98 Å². The van der Waals surface area contributed by atoms with Crippen LogP contribution in [0, 0.1) is 0 Å². The van der Waals surface area contributed by atoms with Gasteiger partial charge in [-0.05, 0) is 24.0 Å². The molecule has 1 heterocycles. The molecule has 0 bridgehead atoms. The van der Waals surface area contributed by atoms with Crippen LogP contribution in [-0.4, -0.2) is 12.2 Å². The lowest BCUT2D eigenvalue weighted by molar-refractivity contribution is 0.675. The number of hydrogen-bond acceptors (Lipinski definition) is 3. The zero-order valence-electron chi connectivity index (χ0n) is 10.1. The monoisotopic (exact) mass is 237 g/mol. The van der Waals surface area contributed by atoms with Crippen molar-refractivity contribution in [2.24, 2.45) is 9.98 Å². The molecule has 18 heavy (non-hydrogen) atoms. The van der Waals surface area contributed by atoms with Gasteiger partial charge in [0.15, 0.2) is 0 Å². The first kappa shape index (κ1) is 11.0. The quantitative estimate of drug-likeness (QED) is 0.843. The molecule has 1 unspecified atom stereocenters. The van der Waals surface area contributed by atoms with Gasteiger partial charge in [-0.1, -0.05) is 48.6 Å². The fourth-order valence-electron chi connectivity index (χ4n) is 2.14. The average molecular weight is 237 g/mol. The molecule has 1 aromatic carbocycles. The van der Waals surface area contributed by atoms with Crippen molar-refractivity contribution in [1.82, 2.24) is 5.32 Å². The second-order valence-electron chi connectivity index (χ2n) is 4.36. The first-order chi connectivity index (χ1) is 8.93. The highest BCUT2D eigenvalue weighted by Crippen LogP contribution is 2.19. The minimum absolute atomic E-state index is 0.0227. The summed E-state index contributed by atoms with van der Waals surface area (Å²) in [5, 5.41) is 3.39. The Morgan fingerprint density at radius 1 is 1.17 bits per heavy atom. The van der Waals surface area contributed by atoms with Crippen molar-refractivity contribution in [2.45, 2.75) is 19.0 Å². The lowest BCUT2D eigenvalue weighted by Gasteiger charge is -2.22. The number of aliphatic imine (C=N–C) groups is 2. The van der Waals surface area contributed by atoms with Crippen molar-refractivity contribution < 1.29 is 0 Å². The lowest BCUT2D eigenvalue weighted by Crippen LogP contribution is -2.31. The van der Waals surface area contributed by atoms with Crippen molar-refractivity contribution in [3.63, 3.8) is 0 Å². The number of allylic oxidation sites excluding steroid dienone is 3. The molecule has 0 aromatic heterocycles. The Morgan fingerprint density at radius 3 is 2.83 bits per heavy atom. The van der Waals surface area contributed by atoms with Crippen LogP contribution in [-0.2, 0) is 0 Å². The third kappa shape index (κ3) is 2.25. The number of amidine groups is 1. The second kappa shape index (κ2) is 5.00. The van der Waals surface area contributed by atoms with Crippen molar-refractivity contribution in [1.29, 1.82) is 0 Å². The molecular weight excluding hydrogens is 222 g/mol. The van der Waals surface area contributed by atoms with E-state index in [1.165, 1.54) is 5.57 Å². The van der Waals surface area contributed by atoms with E-state index in [0.717, 1.165) is 24.2 Å². The first-order valence-corrected chi connectivity index (χ1v) is 6.20. The van der Waals surface area contributed by atoms with Crippen molar-refractivity contribution >= 4 is 12.2 Å². The van der Waals surface area contributed by atoms with E-state index >= 15 is 0 Å². The fourth-order valence-corrected chi connectivity index (χ4v) is 2.14. The molecular formula is C15H15N3. The van der Waals surface area contributed by atoms with Crippen LogP contribution in [0.2, 0.25) is 0 Å². The molecule has 0 spiro atoms. The summed E-state index contributed by atoms with van der Waals surface area (Å²) in [7, 11) is 0. The predicted octanol–water partition coefficient (Wildman–Crippen LogP) is 2.99. The smallest absolute Gasteiger partial charge is 0.147 e. The van der Waals surface area contributed by atoms with E-state index < -0.39 is 0 Å². The molecule has 0 amide bonds. The summed E-state index contributed by atoms with van der Waals surface area (Å²) in [6, 6.07) is 10.2. The van der Waals surface area contributed by atoms with Gasteiger partial charge in [0.2, 0.25) is 0 Å². The molecule has 3 heteroatoms. The van der Waals surface area contributed by atoms with Gasteiger partial charge in [-0.3, -0.25) is 0 Å². The van der Waals surface area contributed by atoms with Gasteiger partial charge < -0.3 is 5.32 Å². The molecule has 2 aliphatic rings. The lowest BCUT2D eigenvalue weighted by atomic mass is 10.0. The van der Waals surface area contributed by atoms with Gasteiger partial charge in [0.05, 0.1) is 0 Å². The first-order valence-electron chi connectivity index (χ1n) is 6.20. The Hall–Kier alpha value is -2.16. The second-order valence-corrected chi connectivity index (χ2v) is 4.36. The highest BCUT2D eigenvalue weighted by atomic mass is 15.2. The zero-order valence-corrected chi connectivity index (χ0v) is 10.1. The van der Waals surface area contributed by atoms with E-state index in [-0.39, 0.29) is 6.17 Å². The van der Waals surface area contributed by atoms with Gasteiger partial charge in [0, 0.05) is 0 Å². The minimum Gasteiger partial charge on any atom is -0.344 e. The molecule has 1 N–H and O–H groups in total. The molecule has 0 radical (unpaired) electrons. The minimum atomic E-state index is -0.0227. The summed E-state index contributed by atoms with van der Waals surface area (Å²) >= 11 is 0. The van der Waals surface area contributed by atoms with Crippen LogP contribution in [0.5, 0.6) is 0 Å². The Kier molecular flexibility index (Phi) is 3.05. The van der Waals surface area contributed by atoms with E-state index in [9.17, 15) is 0 Å². The molecule has 0 saturated heterocycles. The Morgan fingerprint density at radius 2 is 2.06 bits per heavy atom. The molecule has 0 saturated carbocycles. The van der Waals surface area contributed by atoms with Gasteiger partial charge in [-0.2, -0.15) is 0 Å². The largest absolute Gasteiger partial charge is 0.344 e. The third-order valence-corrected chi connectivity index (χ3v) is 3.11. The number of benzene rings is 1. The maximum atomic E-state index is 4.38. The SMILES string of the molecule is C1=CCCC(C2=NC=NC(c3ccccc3)N2)=C1. The topological polar surface area (TPSA) is 36.8 Å².